The third kappa shape index (κ3) is 4.56. The van der Waals surface area contributed by atoms with Gasteiger partial charge < -0.3 is 5.32 Å². The van der Waals surface area contributed by atoms with Crippen molar-refractivity contribution >= 4 is 5.69 Å². The molecule has 1 N–H and O–H groups in total. The molecule has 0 unspecified atom stereocenters. The van der Waals surface area contributed by atoms with Gasteiger partial charge in [-0.25, -0.2) is 0 Å². The average molecular weight is 259 g/mol. The van der Waals surface area contributed by atoms with E-state index in [0.29, 0.717) is 6.04 Å². The van der Waals surface area contributed by atoms with Crippen LogP contribution in [0.5, 0.6) is 0 Å². The largest absolute Gasteiger partial charge is 0.382 e. The lowest BCUT2D eigenvalue weighted by atomic mass is 9.84. The van der Waals surface area contributed by atoms with Gasteiger partial charge >= 0.3 is 0 Å². The molecule has 1 saturated carbocycles. The summed E-state index contributed by atoms with van der Waals surface area (Å²) in [5, 5.41) is 3.71. The number of rotatable bonds is 6. The minimum absolute atomic E-state index is 0.698. The molecule has 0 spiro atoms. The van der Waals surface area contributed by atoms with Crippen molar-refractivity contribution in [2.75, 3.05) is 5.32 Å². The predicted octanol–water partition coefficient (Wildman–Crippen LogP) is 5.41. The van der Waals surface area contributed by atoms with E-state index in [1.165, 1.54) is 62.6 Å². The summed E-state index contributed by atoms with van der Waals surface area (Å²) in [6.45, 7) is 4.58. The zero-order chi connectivity index (χ0) is 13.5. The van der Waals surface area contributed by atoms with E-state index < -0.39 is 0 Å². The van der Waals surface area contributed by atoms with E-state index in [-0.39, 0.29) is 0 Å². The molecule has 1 aliphatic rings. The van der Waals surface area contributed by atoms with Gasteiger partial charge in [0.05, 0.1) is 0 Å². The number of nitrogens with one attached hydrogen (secondary N) is 1. The molecule has 0 aliphatic heterocycles. The Morgan fingerprint density at radius 1 is 1.00 bits per heavy atom. The normalized spacial score (nSPS) is 23.3. The minimum Gasteiger partial charge on any atom is -0.382 e. The fourth-order valence-electron chi connectivity index (χ4n) is 3.10. The smallest absolute Gasteiger partial charge is 0.0342 e. The summed E-state index contributed by atoms with van der Waals surface area (Å²) >= 11 is 0. The first-order valence-corrected chi connectivity index (χ1v) is 8.17. The molecular weight excluding hydrogens is 230 g/mol. The Balaban J connectivity index is 1.79. The van der Waals surface area contributed by atoms with Crippen molar-refractivity contribution in [3.05, 3.63) is 29.8 Å². The Morgan fingerprint density at radius 3 is 2.26 bits per heavy atom. The Bertz CT molecular complexity index is 346. The molecule has 0 bridgehead atoms. The van der Waals surface area contributed by atoms with Crippen molar-refractivity contribution in [3.63, 3.8) is 0 Å². The topological polar surface area (TPSA) is 12.0 Å². The zero-order valence-corrected chi connectivity index (χ0v) is 12.6. The first-order chi connectivity index (χ1) is 9.31. The van der Waals surface area contributed by atoms with Crippen LogP contribution in [0.3, 0.4) is 0 Å². The van der Waals surface area contributed by atoms with Gasteiger partial charge in [-0.3, -0.25) is 0 Å². The third-order valence-electron chi connectivity index (χ3n) is 4.57. The third-order valence-corrected chi connectivity index (χ3v) is 4.57. The van der Waals surface area contributed by atoms with Crippen molar-refractivity contribution in [1.29, 1.82) is 0 Å². The monoisotopic (exact) mass is 259 g/mol. The minimum atomic E-state index is 0.698. The van der Waals surface area contributed by atoms with Crippen LogP contribution in [-0.2, 0) is 6.42 Å². The second-order valence-electron chi connectivity index (χ2n) is 6.07. The molecule has 0 heterocycles. The maximum Gasteiger partial charge on any atom is 0.0342 e. The Labute approximate surface area is 118 Å². The summed E-state index contributed by atoms with van der Waals surface area (Å²) in [5.74, 6) is 0.981. The molecular formula is C18H29N. The summed E-state index contributed by atoms with van der Waals surface area (Å²) in [7, 11) is 0. The molecule has 1 nitrogen and oxygen atoms in total. The molecule has 0 radical (unpaired) electrons. The molecule has 106 valence electrons. The van der Waals surface area contributed by atoms with E-state index in [0.717, 1.165) is 5.92 Å². The average Bonchev–Trinajstić information content (AvgIpc) is 2.47. The highest BCUT2D eigenvalue weighted by atomic mass is 14.9. The van der Waals surface area contributed by atoms with Crippen LogP contribution in [0.2, 0.25) is 0 Å². The number of aryl methyl sites for hydroxylation is 1. The van der Waals surface area contributed by atoms with Gasteiger partial charge in [0.1, 0.15) is 0 Å². The molecule has 1 heteroatoms. The first kappa shape index (κ1) is 14.4. The summed E-state index contributed by atoms with van der Waals surface area (Å²) in [5.41, 5.74) is 2.78. The van der Waals surface area contributed by atoms with Crippen LogP contribution in [0.4, 0.5) is 5.69 Å². The molecule has 0 amide bonds. The van der Waals surface area contributed by atoms with E-state index in [1.807, 2.05) is 0 Å². The standard InChI is InChI=1S/C18H29N/c1-3-5-6-16-9-13-18(14-10-16)19-17-11-7-15(4-2)8-12-17/h9-10,13-15,17,19H,3-8,11-12H2,1-2H3. The summed E-state index contributed by atoms with van der Waals surface area (Å²) in [4.78, 5) is 0. The molecule has 19 heavy (non-hydrogen) atoms. The number of hydrogen-bond acceptors (Lipinski definition) is 1. The van der Waals surface area contributed by atoms with E-state index in [1.54, 1.807) is 0 Å². The van der Waals surface area contributed by atoms with E-state index in [2.05, 4.69) is 43.4 Å². The van der Waals surface area contributed by atoms with Gasteiger partial charge in [0.2, 0.25) is 0 Å². The number of anilines is 1. The Kier molecular flexibility index (Phi) is 5.75. The molecule has 2 rings (SSSR count). The van der Waals surface area contributed by atoms with Gasteiger partial charge in [0.15, 0.2) is 0 Å². The van der Waals surface area contributed by atoms with Crippen LogP contribution in [-0.4, -0.2) is 6.04 Å². The molecule has 1 aromatic rings. The molecule has 0 saturated heterocycles. The predicted molar refractivity (Wildman–Crippen MR) is 84.7 cm³/mol. The highest BCUT2D eigenvalue weighted by Gasteiger charge is 2.19. The van der Waals surface area contributed by atoms with Crippen molar-refractivity contribution in [1.82, 2.24) is 0 Å². The molecule has 1 aromatic carbocycles. The molecule has 0 atom stereocenters. The Morgan fingerprint density at radius 2 is 1.68 bits per heavy atom. The van der Waals surface area contributed by atoms with Gasteiger partial charge in [-0.2, -0.15) is 0 Å². The SMILES string of the molecule is CCCCc1ccc(NC2CCC(CC)CC2)cc1. The number of benzene rings is 1. The lowest BCUT2D eigenvalue weighted by Crippen LogP contribution is -2.25. The Hall–Kier alpha value is -0.980. The summed E-state index contributed by atoms with van der Waals surface area (Å²) in [6.07, 6.45) is 10.7. The zero-order valence-electron chi connectivity index (χ0n) is 12.6. The number of hydrogen-bond donors (Lipinski definition) is 1. The van der Waals surface area contributed by atoms with Crippen LogP contribution >= 0.6 is 0 Å². The van der Waals surface area contributed by atoms with E-state index in [9.17, 15) is 0 Å². The summed E-state index contributed by atoms with van der Waals surface area (Å²) in [6, 6.07) is 9.79. The second kappa shape index (κ2) is 7.57. The van der Waals surface area contributed by atoms with Gasteiger partial charge in [0.25, 0.3) is 0 Å². The van der Waals surface area contributed by atoms with Crippen molar-refractivity contribution in [2.24, 2.45) is 5.92 Å². The maximum atomic E-state index is 3.71. The quantitative estimate of drug-likeness (QED) is 0.720. The molecule has 0 aromatic heterocycles. The highest BCUT2D eigenvalue weighted by Crippen LogP contribution is 2.28. The van der Waals surface area contributed by atoms with Crippen LogP contribution in [0.1, 0.15) is 64.4 Å². The van der Waals surface area contributed by atoms with Crippen LogP contribution in [0.15, 0.2) is 24.3 Å². The van der Waals surface area contributed by atoms with Gasteiger partial charge in [-0.05, 0) is 62.1 Å². The summed E-state index contributed by atoms with van der Waals surface area (Å²) < 4.78 is 0. The molecule has 1 aliphatic carbocycles. The number of unbranched alkanes of at least 4 members (excludes halogenated alkanes) is 1. The van der Waals surface area contributed by atoms with E-state index in [4.69, 9.17) is 0 Å². The second-order valence-corrected chi connectivity index (χ2v) is 6.07. The van der Waals surface area contributed by atoms with Gasteiger partial charge in [-0.1, -0.05) is 38.8 Å². The highest BCUT2D eigenvalue weighted by molar-refractivity contribution is 5.45. The maximum absolute atomic E-state index is 3.71. The van der Waals surface area contributed by atoms with Crippen molar-refractivity contribution in [3.8, 4) is 0 Å². The van der Waals surface area contributed by atoms with Crippen LogP contribution in [0.25, 0.3) is 0 Å². The van der Waals surface area contributed by atoms with Gasteiger partial charge in [-0.15, -0.1) is 0 Å². The molecule has 1 fully saturated rings. The van der Waals surface area contributed by atoms with Crippen LogP contribution in [0, 0.1) is 5.92 Å². The van der Waals surface area contributed by atoms with Crippen molar-refractivity contribution < 1.29 is 0 Å². The van der Waals surface area contributed by atoms with E-state index >= 15 is 0 Å². The fraction of sp³-hybridized carbons (Fsp3) is 0.667. The van der Waals surface area contributed by atoms with Crippen LogP contribution < -0.4 is 5.32 Å². The first-order valence-electron chi connectivity index (χ1n) is 8.17. The lowest BCUT2D eigenvalue weighted by Gasteiger charge is -2.29. The van der Waals surface area contributed by atoms with Crippen molar-refractivity contribution in [2.45, 2.75) is 71.3 Å². The van der Waals surface area contributed by atoms with Gasteiger partial charge in [0, 0.05) is 11.7 Å². The lowest BCUT2D eigenvalue weighted by molar-refractivity contribution is 0.330. The fourth-order valence-corrected chi connectivity index (χ4v) is 3.10.